The number of benzene rings is 3. The standard InChI is InChI=1S/2C12H10F.C7H8Si.2ClH.Hf/c2*1-9-3-2-4-12(9)10-5-7-11(13)8-6-10;1-8-7-5-3-2-4-6-7;;;/h2*4-8H,2H2,1H3;2-6H,1H3;2*1H;/q;;;;;+2/p-2. The minimum Gasteiger partial charge on any atom is -1.00 e. The van der Waals surface area contributed by atoms with Gasteiger partial charge in [-0.15, -0.1) is 0 Å². The molecular weight excluding hydrogens is 688 g/mol. The number of allylic oxidation sites excluding steroid dienone is 8. The SMILES string of the molecule is CC1=[C]([Hf+2]([C]2=C(C)C(c3ccc(F)cc3)=CC2)=[Si](C)c2ccccc2)CC=C1c1ccc(F)cc1.[Cl-].[Cl-]. The van der Waals surface area contributed by atoms with E-state index in [1.54, 1.807) is 30.9 Å². The van der Waals surface area contributed by atoms with Gasteiger partial charge in [0.2, 0.25) is 0 Å². The monoisotopic (exact) mass is 716 g/mol. The Hall–Kier alpha value is -1.85. The summed E-state index contributed by atoms with van der Waals surface area (Å²) in [6.45, 7) is 7.08. The van der Waals surface area contributed by atoms with Crippen molar-refractivity contribution in [2.75, 3.05) is 0 Å². The third-order valence-corrected chi connectivity index (χ3v) is 33.8. The van der Waals surface area contributed by atoms with Crippen LogP contribution in [-0.4, -0.2) is 5.49 Å². The molecule has 0 saturated heterocycles. The van der Waals surface area contributed by atoms with Crippen LogP contribution in [0.3, 0.4) is 0 Å². The van der Waals surface area contributed by atoms with Gasteiger partial charge in [0.1, 0.15) is 0 Å². The van der Waals surface area contributed by atoms with Crippen molar-refractivity contribution in [3.8, 4) is 0 Å². The van der Waals surface area contributed by atoms with Gasteiger partial charge in [0, 0.05) is 0 Å². The first-order valence-corrected chi connectivity index (χ1v) is 23.0. The molecule has 0 aliphatic heterocycles. The Morgan fingerprint density at radius 1 is 0.622 bits per heavy atom. The number of hydrogen-bond acceptors (Lipinski definition) is 0. The average Bonchev–Trinajstić information content (AvgIpc) is 3.44. The molecule has 6 heteroatoms. The van der Waals surface area contributed by atoms with E-state index in [0.29, 0.717) is 0 Å². The molecule has 0 aromatic heterocycles. The van der Waals surface area contributed by atoms with Crippen molar-refractivity contribution >= 4 is 21.8 Å². The average molecular weight is 716 g/mol. The third-order valence-electron chi connectivity index (χ3n) is 7.23. The van der Waals surface area contributed by atoms with E-state index in [-0.39, 0.29) is 36.4 Å². The summed E-state index contributed by atoms with van der Waals surface area (Å²) in [4.78, 5) is 0. The van der Waals surface area contributed by atoms with E-state index in [1.165, 1.54) is 27.5 Å². The predicted octanol–water partition coefficient (Wildman–Crippen LogP) is 1.94. The summed E-state index contributed by atoms with van der Waals surface area (Å²) in [5, 5.41) is 1.52. The van der Waals surface area contributed by atoms with E-state index in [9.17, 15) is 8.78 Å². The maximum atomic E-state index is 13.6. The number of halogens is 4. The van der Waals surface area contributed by atoms with Crippen LogP contribution in [0.5, 0.6) is 0 Å². The van der Waals surface area contributed by atoms with Crippen molar-refractivity contribution in [2.24, 2.45) is 0 Å². The zero-order valence-electron chi connectivity index (χ0n) is 21.1. The van der Waals surface area contributed by atoms with Crippen molar-refractivity contribution in [3.63, 3.8) is 0 Å². The van der Waals surface area contributed by atoms with Crippen LogP contribution in [0.25, 0.3) is 11.1 Å². The third kappa shape index (κ3) is 6.09. The minimum absolute atomic E-state index is 0. The van der Waals surface area contributed by atoms with Crippen LogP contribution >= 0.6 is 0 Å². The zero-order chi connectivity index (χ0) is 24.5. The maximum absolute atomic E-state index is 13.6. The van der Waals surface area contributed by atoms with E-state index >= 15 is 0 Å². The van der Waals surface area contributed by atoms with Crippen LogP contribution < -0.4 is 30.0 Å². The second-order valence-corrected chi connectivity index (χ2v) is 30.3. The van der Waals surface area contributed by atoms with Gasteiger partial charge in [-0.2, -0.15) is 0 Å². The molecule has 0 unspecified atom stereocenters. The molecule has 0 amide bonds. The van der Waals surface area contributed by atoms with Gasteiger partial charge in [0.25, 0.3) is 0 Å². The van der Waals surface area contributed by atoms with E-state index in [0.717, 1.165) is 24.0 Å². The Labute approximate surface area is 238 Å². The molecule has 3 aromatic rings. The molecule has 5 rings (SSSR count). The summed E-state index contributed by atoms with van der Waals surface area (Å²) in [6, 6.07) is 24.9. The summed E-state index contributed by atoms with van der Waals surface area (Å²) >= 11 is -2.50. The molecule has 0 N–H and O–H groups in total. The summed E-state index contributed by atoms with van der Waals surface area (Å²) in [7, 11) is 0. The Balaban J connectivity index is 0.00000190. The maximum Gasteiger partial charge on any atom is -1.00 e. The van der Waals surface area contributed by atoms with Crippen LogP contribution in [-0.2, 0) is 20.1 Å². The fourth-order valence-corrected chi connectivity index (χ4v) is 33.8. The molecule has 0 bridgehead atoms. The van der Waals surface area contributed by atoms with E-state index in [1.807, 2.05) is 24.3 Å². The van der Waals surface area contributed by atoms with Gasteiger partial charge in [-0.3, -0.25) is 0 Å². The Bertz CT molecular complexity index is 1360. The van der Waals surface area contributed by atoms with Crippen LogP contribution in [0, 0.1) is 11.6 Å². The Morgan fingerprint density at radius 3 is 1.43 bits per heavy atom. The predicted molar refractivity (Wildman–Crippen MR) is 141 cm³/mol. The summed E-state index contributed by atoms with van der Waals surface area (Å²) in [5.74, 6) is -0.388. The molecule has 3 aromatic carbocycles. The van der Waals surface area contributed by atoms with Crippen molar-refractivity contribution < 1.29 is 53.7 Å². The molecule has 0 radical (unpaired) electrons. The van der Waals surface area contributed by atoms with Gasteiger partial charge in [-0.05, 0) is 0 Å². The Kier molecular flexibility index (Phi) is 10.3. The van der Waals surface area contributed by atoms with E-state index in [4.69, 9.17) is 0 Å². The van der Waals surface area contributed by atoms with Crippen LogP contribution in [0.2, 0.25) is 6.55 Å². The molecule has 0 heterocycles. The van der Waals surface area contributed by atoms with Crippen LogP contribution in [0.15, 0.2) is 109 Å². The first kappa shape index (κ1) is 29.7. The smallest absolute Gasteiger partial charge is 1.00 e. The van der Waals surface area contributed by atoms with Crippen LogP contribution in [0.4, 0.5) is 8.78 Å². The molecular formula is C31H28Cl2F2HfSi. The normalized spacial score (nSPS) is 14.4. The van der Waals surface area contributed by atoms with Gasteiger partial charge in [-0.25, -0.2) is 0 Å². The summed E-state index contributed by atoms with van der Waals surface area (Å²) in [5.41, 5.74) is 6.83. The van der Waals surface area contributed by atoms with Gasteiger partial charge in [0.15, 0.2) is 0 Å². The van der Waals surface area contributed by atoms with Gasteiger partial charge >= 0.3 is 215 Å². The summed E-state index contributed by atoms with van der Waals surface area (Å²) in [6.07, 6.45) is 6.75. The molecule has 188 valence electrons. The van der Waals surface area contributed by atoms with Gasteiger partial charge in [-0.1, -0.05) is 0 Å². The zero-order valence-corrected chi connectivity index (χ0v) is 27.2. The van der Waals surface area contributed by atoms with Crippen molar-refractivity contribution in [3.05, 3.63) is 132 Å². The topological polar surface area (TPSA) is 0 Å². The van der Waals surface area contributed by atoms with Gasteiger partial charge < -0.3 is 24.8 Å². The van der Waals surface area contributed by atoms with E-state index < -0.39 is 25.6 Å². The largest absolute Gasteiger partial charge is 1.00 e. The van der Waals surface area contributed by atoms with Crippen molar-refractivity contribution in [2.45, 2.75) is 33.2 Å². The van der Waals surface area contributed by atoms with Gasteiger partial charge in [0.05, 0.1) is 0 Å². The fourth-order valence-electron chi connectivity index (χ4n) is 5.32. The Morgan fingerprint density at radius 2 is 1.03 bits per heavy atom. The fraction of sp³-hybridized carbons (Fsp3) is 0.161. The molecule has 2 aliphatic carbocycles. The first-order valence-electron chi connectivity index (χ1n) is 12.0. The van der Waals surface area contributed by atoms with Crippen molar-refractivity contribution in [1.29, 1.82) is 0 Å². The van der Waals surface area contributed by atoms with E-state index in [2.05, 4.69) is 62.9 Å². The molecule has 0 fully saturated rings. The minimum atomic E-state index is -2.50. The molecule has 37 heavy (non-hydrogen) atoms. The molecule has 0 spiro atoms. The second kappa shape index (κ2) is 12.8. The number of rotatable bonds is 5. The van der Waals surface area contributed by atoms with Crippen molar-refractivity contribution in [1.82, 2.24) is 0 Å². The molecule has 0 nitrogen and oxygen atoms in total. The molecule has 0 saturated carbocycles. The molecule has 0 atom stereocenters. The molecule has 2 aliphatic rings. The number of hydrogen-bond donors (Lipinski definition) is 0. The van der Waals surface area contributed by atoms with Crippen LogP contribution in [0.1, 0.15) is 37.8 Å². The quantitative estimate of drug-likeness (QED) is 0.355. The summed E-state index contributed by atoms with van der Waals surface area (Å²) < 4.78 is 30.5. The second-order valence-electron chi connectivity index (χ2n) is 9.23. The first-order chi connectivity index (χ1) is 16.9.